The number of benzene rings is 1. The number of rotatable bonds is 4. The molecule has 0 atom stereocenters. The SMILES string of the molecule is Cc1ccc(CNC(=O)c2cn(-c3ccccc3)nn2)n1C. The quantitative estimate of drug-likeness (QED) is 0.799. The molecule has 0 saturated carbocycles. The lowest BCUT2D eigenvalue weighted by Gasteiger charge is -2.06. The third-order valence-electron chi connectivity index (χ3n) is 3.65. The topological polar surface area (TPSA) is 64.7 Å². The van der Waals surface area contributed by atoms with E-state index >= 15 is 0 Å². The van der Waals surface area contributed by atoms with Gasteiger partial charge in [0.25, 0.3) is 5.91 Å². The van der Waals surface area contributed by atoms with E-state index in [4.69, 9.17) is 0 Å². The summed E-state index contributed by atoms with van der Waals surface area (Å²) in [6.45, 7) is 2.48. The zero-order valence-electron chi connectivity index (χ0n) is 12.5. The first-order valence-corrected chi connectivity index (χ1v) is 7.02. The summed E-state index contributed by atoms with van der Waals surface area (Å²) in [7, 11) is 1.97. The molecule has 0 fully saturated rings. The van der Waals surface area contributed by atoms with Crippen molar-refractivity contribution >= 4 is 5.91 Å². The van der Waals surface area contributed by atoms with Crippen LogP contribution in [-0.4, -0.2) is 25.5 Å². The number of para-hydroxylation sites is 1. The minimum Gasteiger partial charge on any atom is -0.350 e. The molecule has 0 saturated heterocycles. The summed E-state index contributed by atoms with van der Waals surface area (Å²) in [6, 6.07) is 13.6. The molecule has 112 valence electrons. The highest BCUT2D eigenvalue weighted by molar-refractivity contribution is 5.91. The van der Waals surface area contributed by atoms with Crippen LogP contribution < -0.4 is 5.32 Å². The van der Waals surface area contributed by atoms with Crippen LogP contribution in [0.1, 0.15) is 21.9 Å². The number of amides is 1. The predicted molar refractivity (Wildman–Crippen MR) is 82.7 cm³/mol. The Bertz CT molecular complexity index is 788. The summed E-state index contributed by atoms with van der Waals surface area (Å²) >= 11 is 0. The van der Waals surface area contributed by atoms with Gasteiger partial charge in [-0.25, -0.2) is 4.68 Å². The fraction of sp³-hybridized carbons (Fsp3) is 0.188. The lowest BCUT2D eigenvalue weighted by atomic mass is 10.3. The third-order valence-corrected chi connectivity index (χ3v) is 3.65. The number of aryl methyl sites for hydroxylation is 1. The zero-order chi connectivity index (χ0) is 15.5. The van der Waals surface area contributed by atoms with Crippen molar-refractivity contribution in [1.82, 2.24) is 24.9 Å². The number of carbonyl (C=O) groups excluding carboxylic acids is 1. The van der Waals surface area contributed by atoms with E-state index in [0.29, 0.717) is 12.2 Å². The monoisotopic (exact) mass is 295 g/mol. The van der Waals surface area contributed by atoms with Crippen LogP contribution in [0.5, 0.6) is 0 Å². The number of carbonyl (C=O) groups is 1. The van der Waals surface area contributed by atoms with Crippen molar-refractivity contribution in [1.29, 1.82) is 0 Å². The van der Waals surface area contributed by atoms with E-state index < -0.39 is 0 Å². The molecule has 0 aliphatic carbocycles. The highest BCUT2D eigenvalue weighted by atomic mass is 16.2. The van der Waals surface area contributed by atoms with Gasteiger partial charge in [0.2, 0.25) is 0 Å². The third kappa shape index (κ3) is 2.76. The van der Waals surface area contributed by atoms with Crippen molar-refractivity contribution < 1.29 is 4.79 Å². The van der Waals surface area contributed by atoms with E-state index in [9.17, 15) is 4.79 Å². The van der Waals surface area contributed by atoms with Crippen molar-refractivity contribution in [3.63, 3.8) is 0 Å². The van der Waals surface area contributed by atoms with Crippen molar-refractivity contribution in [3.05, 3.63) is 65.7 Å². The van der Waals surface area contributed by atoms with Gasteiger partial charge in [-0.2, -0.15) is 0 Å². The molecule has 0 aliphatic heterocycles. The number of hydrogen-bond donors (Lipinski definition) is 1. The molecular formula is C16H17N5O. The summed E-state index contributed by atoms with van der Waals surface area (Å²) < 4.78 is 3.63. The van der Waals surface area contributed by atoms with Crippen LogP contribution in [-0.2, 0) is 13.6 Å². The summed E-state index contributed by atoms with van der Waals surface area (Å²) in [5.41, 5.74) is 3.36. The lowest BCUT2D eigenvalue weighted by molar-refractivity contribution is 0.0945. The summed E-state index contributed by atoms with van der Waals surface area (Å²) in [5, 5.41) is 10.8. The van der Waals surface area contributed by atoms with E-state index in [-0.39, 0.29) is 5.91 Å². The molecule has 0 bridgehead atoms. The maximum absolute atomic E-state index is 12.1. The fourth-order valence-electron chi connectivity index (χ4n) is 2.18. The Morgan fingerprint density at radius 2 is 1.95 bits per heavy atom. The molecule has 0 aliphatic rings. The van der Waals surface area contributed by atoms with Crippen LogP contribution >= 0.6 is 0 Å². The number of nitrogens with zero attached hydrogens (tertiary/aromatic N) is 4. The number of nitrogens with one attached hydrogen (secondary N) is 1. The van der Waals surface area contributed by atoms with Gasteiger partial charge in [0.05, 0.1) is 18.4 Å². The van der Waals surface area contributed by atoms with Gasteiger partial charge < -0.3 is 9.88 Å². The molecule has 2 heterocycles. The van der Waals surface area contributed by atoms with Crippen LogP contribution in [0.4, 0.5) is 0 Å². The first kappa shape index (κ1) is 14.1. The average Bonchev–Trinajstić information content (AvgIpc) is 3.15. The number of hydrogen-bond acceptors (Lipinski definition) is 3. The maximum atomic E-state index is 12.1. The molecule has 22 heavy (non-hydrogen) atoms. The summed E-state index contributed by atoms with van der Waals surface area (Å²) in [5.74, 6) is -0.235. The highest BCUT2D eigenvalue weighted by Gasteiger charge is 2.12. The van der Waals surface area contributed by atoms with Gasteiger partial charge in [0.15, 0.2) is 5.69 Å². The van der Waals surface area contributed by atoms with Crippen LogP contribution in [0.3, 0.4) is 0 Å². The molecule has 0 radical (unpaired) electrons. The number of aromatic nitrogens is 4. The Hall–Kier alpha value is -2.89. The maximum Gasteiger partial charge on any atom is 0.273 e. The second-order valence-corrected chi connectivity index (χ2v) is 5.09. The Labute approximate surface area is 128 Å². The Morgan fingerprint density at radius 3 is 2.64 bits per heavy atom. The van der Waals surface area contributed by atoms with Gasteiger partial charge in [-0.1, -0.05) is 23.4 Å². The predicted octanol–water partition coefficient (Wildman–Crippen LogP) is 1.84. The summed E-state index contributed by atoms with van der Waals surface area (Å²) in [4.78, 5) is 12.1. The normalized spacial score (nSPS) is 10.6. The molecule has 0 unspecified atom stereocenters. The fourth-order valence-corrected chi connectivity index (χ4v) is 2.18. The summed E-state index contributed by atoms with van der Waals surface area (Å²) in [6.07, 6.45) is 1.63. The zero-order valence-corrected chi connectivity index (χ0v) is 12.5. The molecular weight excluding hydrogens is 278 g/mol. The standard InChI is InChI=1S/C16H17N5O/c1-12-8-9-14(20(12)2)10-17-16(22)15-11-21(19-18-15)13-6-4-3-5-7-13/h3-9,11H,10H2,1-2H3,(H,17,22). The average molecular weight is 295 g/mol. The molecule has 2 aromatic heterocycles. The van der Waals surface area contributed by atoms with E-state index in [2.05, 4.69) is 15.6 Å². The highest BCUT2D eigenvalue weighted by Crippen LogP contribution is 2.07. The Morgan fingerprint density at radius 1 is 1.18 bits per heavy atom. The van der Waals surface area contributed by atoms with Crippen molar-refractivity contribution in [2.45, 2.75) is 13.5 Å². The first-order valence-electron chi connectivity index (χ1n) is 7.02. The van der Waals surface area contributed by atoms with Gasteiger partial charge in [-0.05, 0) is 31.2 Å². The second kappa shape index (κ2) is 5.85. The van der Waals surface area contributed by atoms with Gasteiger partial charge in [0.1, 0.15) is 0 Å². The lowest BCUT2D eigenvalue weighted by Crippen LogP contribution is -2.24. The first-order chi connectivity index (χ1) is 10.6. The van der Waals surface area contributed by atoms with E-state index in [0.717, 1.165) is 17.1 Å². The Balaban J connectivity index is 1.68. The minimum absolute atomic E-state index is 0.235. The van der Waals surface area contributed by atoms with Crippen LogP contribution in [0.15, 0.2) is 48.7 Å². The molecule has 1 N–H and O–H groups in total. The second-order valence-electron chi connectivity index (χ2n) is 5.09. The molecule has 1 amide bonds. The molecule has 1 aromatic carbocycles. The molecule has 0 spiro atoms. The van der Waals surface area contributed by atoms with Gasteiger partial charge in [0, 0.05) is 18.4 Å². The van der Waals surface area contributed by atoms with Gasteiger partial charge in [-0.3, -0.25) is 4.79 Å². The van der Waals surface area contributed by atoms with E-state index in [1.54, 1.807) is 10.9 Å². The van der Waals surface area contributed by atoms with Crippen LogP contribution in [0.25, 0.3) is 5.69 Å². The minimum atomic E-state index is -0.235. The molecule has 6 heteroatoms. The van der Waals surface area contributed by atoms with Crippen molar-refractivity contribution in [3.8, 4) is 5.69 Å². The smallest absolute Gasteiger partial charge is 0.273 e. The van der Waals surface area contributed by atoms with Crippen molar-refractivity contribution in [2.75, 3.05) is 0 Å². The molecule has 3 rings (SSSR count). The van der Waals surface area contributed by atoms with E-state index in [1.807, 2.05) is 61.0 Å². The largest absolute Gasteiger partial charge is 0.350 e. The van der Waals surface area contributed by atoms with Crippen molar-refractivity contribution in [2.24, 2.45) is 7.05 Å². The van der Waals surface area contributed by atoms with E-state index in [1.165, 1.54) is 0 Å². The molecule has 6 nitrogen and oxygen atoms in total. The van der Waals surface area contributed by atoms with Crippen LogP contribution in [0, 0.1) is 6.92 Å². The molecule has 3 aromatic rings. The van der Waals surface area contributed by atoms with Gasteiger partial charge >= 0.3 is 0 Å². The van der Waals surface area contributed by atoms with Gasteiger partial charge in [-0.15, -0.1) is 5.10 Å². The van der Waals surface area contributed by atoms with Crippen LogP contribution in [0.2, 0.25) is 0 Å². The Kier molecular flexibility index (Phi) is 3.74.